The molecular weight excluding hydrogens is 264 g/mol. The summed E-state index contributed by atoms with van der Waals surface area (Å²) in [5.41, 5.74) is 10.0. The number of rotatable bonds is 2. The molecule has 106 valence electrons. The molecule has 4 rings (SSSR count). The molecule has 5 nitrogen and oxygen atoms in total. The van der Waals surface area contributed by atoms with Crippen molar-refractivity contribution < 1.29 is 4.74 Å². The first-order chi connectivity index (χ1) is 10.2. The Balaban J connectivity index is 1.78. The second kappa shape index (κ2) is 4.48. The Bertz CT molecular complexity index is 838. The fourth-order valence-corrected chi connectivity index (χ4v) is 2.93. The zero-order valence-electron chi connectivity index (χ0n) is 11.8. The topological polar surface area (TPSA) is 76.8 Å². The Morgan fingerprint density at radius 1 is 1.29 bits per heavy atom. The lowest BCUT2D eigenvalue weighted by atomic mass is 10.1. The van der Waals surface area contributed by atoms with E-state index in [9.17, 15) is 0 Å². The van der Waals surface area contributed by atoms with Gasteiger partial charge in [-0.15, -0.1) is 0 Å². The van der Waals surface area contributed by atoms with Gasteiger partial charge in [-0.25, -0.2) is 0 Å². The van der Waals surface area contributed by atoms with Crippen molar-refractivity contribution in [2.24, 2.45) is 0 Å². The van der Waals surface area contributed by atoms with Crippen molar-refractivity contribution in [3.63, 3.8) is 0 Å². The van der Waals surface area contributed by atoms with Gasteiger partial charge in [-0.05, 0) is 49.4 Å². The normalized spacial score (nSPS) is 13.6. The Labute approximate surface area is 122 Å². The molecule has 0 amide bonds. The first-order valence-electron chi connectivity index (χ1n) is 7.12. The molecule has 3 aromatic rings. The molecule has 0 aliphatic heterocycles. The number of nitrogens with one attached hydrogen (secondary N) is 1. The van der Waals surface area contributed by atoms with Gasteiger partial charge in [0.2, 0.25) is 5.88 Å². The largest absolute Gasteiger partial charge is 0.438 e. The number of H-pyrrole nitrogens is 1. The van der Waals surface area contributed by atoms with E-state index in [1.54, 1.807) is 0 Å². The molecule has 0 saturated carbocycles. The van der Waals surface area contributed by atoms with Crippen LogP contribution in [0.1, 0.15) is 23.1 Å². The molecule has 3 N–H and O–H groups in total. The lowest BCUT2D eigenvalue weighted by molar-refractivity contribution is 0.456. The number of nitrogens with two attached hydrogens (primary N) is 1. The van der Waals surface area contributed by atoms with Gasteiger partial charge in [0.25, 0.3) is 0 Å². The van der Waals surface area contributed by atoms with Crippen molar-refractivity contribution in [2.75, 3.05) is 5.73 Å². The summed E-state index contributed by atoms with van der Waals surface area (Å²) in [6.07, 6.45) is 3.40. The number of ether oxygens (including phenoxy) is 1. The second-order valence-electron chi connectivity index (χ2n) is 5.47. The number of nitrogens with zero attached hydrogens (tertiary/aromatic N) is 2. The Morgan fingerprint density at radius 2 is 2.19 bits per heavy atom. The number of aromatic nitrogens is 3. The first kappa shape index (κ1) is 12.2. The average molecular weight is 280 g/mol. The fourth-order valence-electron chi connectivity index (χ4n) is 2.93. The van der Waals surface area contributed by atoms with Crippen molar-refractivity contribution >= 4 is 16.9 Å². The van der Waals surface area contributed by atoms with E-state index in [0.29, 0.717) is 17.3 Å². The number of nitrogen functional groups attached to an aromatic ring is 1. The Morgan fingerprint density at radius 3 is 3.10 bits per heavy atom. The Hall–Kier alpha value is -2.56. The molecule has 21 heavy (non-hydrogen) atoms. The van der Waals surface area contributed by atoms with Crippen LogP contribution >= 0.6 is 0 Å². The maximum absolute atomic E-state index is 6.06. The number of benzene rings is 1. The monoisotopic (exact) mass is 280 g/mol. The van der Waals surface area contributed by atoms with Crippen LogP contribution in [0.15, 0.2) is 24.3 Å². The predicted octanol–water partition coefficient (Wildman–Crippen LogP) is 3.13. The molecule has 1 aliphatic rings. The minimum absolute atomic E-state index is 0.535. The zero-order valence-corrected chi connectivity index (χ0v) is 11.8. The van der Waals surface area contributed by atoms with Crippen LogP contribution in [-0.4, -0.2) is 15.2 Å². The van der Waals surface area contributed by atoms with E-state index in [0.717, 1.165) is 29.5 Å². The number of anilines is 1. The highest BCUT2D eigenvalue weighted by molar-refractivity contribution is 5.86. The van der Waals surface area contributed by atoms with E-state index in [4.69, 9.17) is 10.5 Å². The minimum atomic E-state index is 0.535. The second-order valence-corrected chi connectivity index (χ2v) is 5.47. The van der Waals surface area contributed by atoms with E-state index >= 15 is 0 Å². The molecular formula is C16H16N4O. The minimum Gasteiger partial charge on any atom is -0.438 e. The highest BCUT2D eigenvalue weighted by atomic mass is 16.5. The van der Waals surface area contributed by atoms with Crippen LogP contribution in [0.4, 0.5) is 5.82 Å². The highest BCUT2D eigenvalue weighted by Crippen LogP contribution is 2.34. The lowest BCUT2D eigenvalue weighted by Gasteiger charge is -2.11. The van der Waals surface area contributed by atoms with Crippen molar-refractivity contribution in [1.29, 1.82) is 0 Å². The Kier molecular flexibility index (Phi) is 2.60. The van der Waals surface area contributed by atoms with Crippen LogP contribution < -0.4 is 10.5 Å². The molecule has 0 spiro atoms. The van der Waals surface area contributed by atoms with Gasteiger partial charge in [0.05, 0.1) is 5.39 Å². The summed E-state index contributed by atoms with van der Waals surface area (Å²) >= 11 is 0. The third kappa shape index (κ3) is 1.93. The average Bonchev–Trinajstić information content (AvgIpc) is 3.08. The molecule has 0 radical (unpaired) electrons. The standard InChI is InChI=1S/C16H16N4O/c1-9-8-12-14(17)19-20-15(12)18-16(9)21-13-7-3-5-10-4-2-6-11(10)13/h3,5,7-8H,2,4,6H2,1H3,(H3,17,18,19,20). The molecule has 2 aromatic heterocycles. The molecule has 0 atom stereocenters. The number of aromatic amines is 1. The quantitative estimate of drug-likeness (QED) is 0.756. The maximum Gasteiger partial charge on any atom is 0.224 e. The summed E-state index contributed by atoms with van der Waals surface area (Å²) in [7, 11) is 0. The van der Waals surface area contributed by atoms with Gasteiger partial charge in [-0.1, -0.05) is 12.1 Å². The number of aryl methyl sites for hydroxylation is 2. The van der Waals surface area contributed by atoms with Crippen LogP contribution in [0.3, 0.4) is 0 Å². The van der Waals surface area contributed by atoms with E-state index in [2.05, 4.69) is 21.2 Å². The van der Waals surface area contributed by atoms with Gasteiger partial charge in [-0.2, -0.15) is 10.1 Å². The smallest absolute Gasteiger partial charge is 0.224 e. The van der Waals surface area contributed by atoms with Crippen molar-refractivity contribution in [1.82, 2.24) is 15.2 Å². The molecule has 1 aliphatic carbocycles. The first-order valence-corrected chi connectivity index (χ1v) is 7.12. The van der Waals surface area contributed by atoms with Gasteiger partial charge in [-0.3, -0.25) is 5.10 Å². The van der Waals surface area contributed by atoms with Crippen LogP contribution in [0.5, 0.6) is 11.6 Å². The van der Waals surface area contributed by atoms with Crippen molar-refractivity contribution in [2.45, 2.75) is 26.2 Å². The van der Waals surface area contributed by atoms with E-state index in [1.807, 2.05) is 25.1 Å². The molecule has 5 heteroatoms. The molecule has 0 saturated heterocycles. The van der Waals surface area contributed by atoms with Crippen LogP contribution in [0.2, 0.25) is 0 Å². The number of hydrogen-bond acceptors (Lipinski definition) is 4. The van der Waals surface area contributed by atoms with Gasteiger partial charge in [0, 0.05) is 5.56 Å². The predicted molar refractivity (Wildman–Crippen MR) is 81.6 cm³/mol. The lowest BCUT2D eigenvalue weighted by Crippen LogP contribution is -1.95. The van der Waals surface area contributed by atoms with E-state index < -0.39 is 0 Å². The summed E-state index contributed by atoms with van der Waals surface area (Å²) in [4.78, 5) is 4.47. The van der Waals surface area contributed by atoms with Crippen LogP contribution in [-0.2, 0) is 12.8 Å². The SMILES string of the molecule is Cc1cc2c(N)[nH]nc2nc1Oc1cccc2c1CCC2. The van der Waals surface area contributed by atoms with Crippen LogP contribution in [0.25, 0.3) is 11.0 Å². The third-order valence-electron chi connectivity index (χ3n) is 4.03. The maximum atomic E-state index is 6.06. The zero-order chi connectivity index (χ0) is 14.4. The summed E-state index contributed by atoms with van der Waals surface area (Å²) in [6.45, 7) is 1.97. The summed E-state index contributed by atoms with van der Waals surface area (Å²) in [5.74, 6) is 2.03. The fraction of sp³-hybridized carbons (Fsp3) is 0.250. The van der Waals surface area contributed by atoms with Crippen molar-refractivity contribution in [3.8, 4) is 11.6 Å². The summed E-state index contributed by atoms with van der Waals surface area (Å²) < 4.78 is 6.06. The van der Waals surface area contributed by atoms with Crippen molar-refractivity contribution in [3.05, 3.63) is 41.0 Å². The van der Waals surface area contributed by atoms with Gasteiger partial charge >= 0.3 is 0 Å². The molecule has 1 aromatic carbocycles. The summed E-state index contributed by atoms with van der Waals surface area (Å²) in [6, 6.07) is 8.18. The van der Waals surface area contributed by atoms with E-state index in [-0.39, 0.29) is 0 Å². The summed E-state index contributed by atoms with van der Waals surface area (Å²) in [5, 5.41) is 7.67. The number of hydrogen-bond donors (Lipinski definition) is 2. The number of fused-ring (bicyclic) bond motifs is 2. The molecule has 0 unspecified atom stereocenters. The molecule has 0 fully saturated rings. The third-order valence-corrected chi connectivity index (χ3v) is 4.03. The molecule has 2 heterocycles. The highest BCUT2D eigenvalue weighted by Gasteiger charge is 2.17. The van der Waals surface area contributed by atoms with Crippen LogP contribution in [0, 0.1) is 6.92 Å². The van der Waals surface area contributed by atoms with Gasteiger partial charge in [0.15, 0.2) is 5.65 Å². The van der Waals surface area contributed by atoms with Gasteiger partial charge in [0.1, 0.15) is 11.6 Å². The number of pyridine rings is 1. The molecule has 0 bridgehead atoms. The van der Waals surface area contributed by atoms with E-state index in [1.165, 1.54) is 17.5 Å². The van der Waals surface area contributed by atoms with Gasteiger partial charge < -0.3 is 10.5 Å².